The third-order valence-corrected chi connectivity index (χ3v) is 3.54. The van der Waals surface area contributed by atoms with Crippen molar-refractivity contribution in [1.29, 1.82) is 0 Å². The van der Waals surface area contributed by atoms with Crippen molar-refractivity contribution in [1.82, 2.24) is 0 Å². The molecule has 0 amide bonds. The zero-order valence-electron chi connectivity index (χ0n) is 10.2. The van der Waals surface area contributed by atoms with Gasteiger partial charge in [-0.25, -0.2) is 0 Å². The SMILES string of the molecule is O=Cc1cc(Br)ccc1OCCCC1CCCO1. The van der Waals surface area contributed by atoms with Crippen molar-refractivity contribution in [3.05, 3.63) is 28.2 Å². The van der Waals surface area contributed by atoms with Gasteiger partial charge in [-0.2, -0.15) is 0 Å². The number of aldehydes is 1. The van der Waals surface area contributed by atoms with Crippen molar-refractivity contribution in [2.75, 3.05) is 13.2 Å². The molecule has 0 aliphatic carbocycles. The highest BCUT2D eigenvalue weighted by Gasteiger charge is 2.14. The summed E-state index contributed by atoms with van der Waals surface area (Å²) in [4.78, 5) is 10.9. The smallest absolute Gasteiger partial charge is 0.153 e. The molecule has 1 aliphatic rings. The molecule has 1 unspecified atom stereocenters. The Labute approximate surface area is 116 Å². The maximum absolute atomic E-state index is 10.9. The molecular formula is C14H17BrO3. The third-order valence-electron chi connectivity index (χ3n) is 3.05. The van der Waals surface area contributed by atoms with E-state index >= 15 is 0 Å². The first kappa shape index (κ1) is 13.6. The summed E-state index contributed by atoms with van der Waals surface area (Å²) in [7, 11) is 0. The van der Waals surface area contributed by atoms with E-state index in [9.17, 15) is 4.79 Å². The van der Waals surface area contributed by atoms with Crippen molar-refractivity contribution >= 4 is 22.2 Å². The fourth-order valence-corrected chi connectivity index (χ4v) is 2.49. The predicted octanol–water partition coefficient (Wildman–Crippen LogP) is 3.60. The number of benzene rings is 1. The lowest BCUT2D eigenvalue weighted by molar-refractivity contribution is 0.0979. The highest BCUT2D eigenvalue weighted by Crippen LogP contribution is 2.22. The summed E-state index contributed by atoms with van der Waals surface area (Å²) in [5.74, 6) is 0.653. The Balaban J connectivity index is 1.77. The number of rotatable bonds is 6. The Bertz CT molecular complexity index is 400. The lowest BCUT2D eigenvalue weighted by atomic mass is 10.1. The largest absolute Gasteiger partial charge is 0.493 e. The van der Waals surface area contributed by atoms with Crippen LogP contribution in [0.25, 0.3) is 0 Å². The molecule has 1 aromatic carbocycles. The zero-order chi connectivity index (χ0) is 12.8. The molecule has 18 heavy (non-hydrogen) atoms. The fraction of sp³-hybridized carbons (Fsp3) is 0.500. The topological polar surface area (TPSA) is 35.5 Å². The van der Waals surface area contributed by atoms with Crippen LogP contribution < -0.4 is 4.74 Å². The van der Waals surface area contributed by atoms with Crippen molar-refractivity contribution < 1.29 is 14.3 Å². The predicted molar refractivity (Wildman–Crippen MR) is 73.2 cm³/mol. The van der Waals surface area contributed by atoms with Gasteiger partial charge in [0.15, 0.2) is 6.29 Å². The highest BCUT2D eigenvalue weighted by atomic mass is 79.9. The van der Waals surface area contributed by atoms with Crippen molar-refractivity contribution in [3.63, 3.8) is 0 Å². The van der Waals surface area contributed by atoms with Crippen molar-refractivity contribution in [2.45, 2.75) is 31.8 Å². The van der Waals surface area contributed by atoms with Gasteiger partial charge in [0.1, 0.15) is 5.75 Å². The molecule has 1 aliphatic heterocycles. The van der Waals surface area contributed by atoms with Gasteiger partial charge >= 0.3 is 0 Å². The van der Waals surface area contributed by atoms with Crippen LogP contribution in [-0.2, 0) is 4.74 Å². The molecule has 0 N–H and O–H groups in total. The highest BCUT2D eigenvalue weighted by molar-refractivity contribution is 9.10. The van der Waals surface area contributed by atoms with E-state index in [0.29, 0.717) is 24.0 Å². The van der Waals surface area contributed by atoms with Crippen LogP contribution in [0.4, 0.5) is 0 Å². The minimum atomic E-state index is 0.407. The molecule has 1 heterocycles. The Kier molecular flexibility index (Phi) is 5.20. The Hall–Kier alpha value is -0.870. The molecule has 0 saturated carbocycles. The number of ether oxygens (including phenoxy) is 2. The van der Waals surface area contributed by atoms with Gasteiger partial charge in [0.05, 0.1) is 18.3 Å². The lowest BCUT2D eigenvalue weighted by Crippen LogP contribution is -2.08. The molecule has 0 aromatic heterocycles. The summed E-state index contributed by atoms with van der Waals surface area (Å²) in [6.07, 6.45) is 5.56. The molecule has 0 radical (unpaired) electrons. The summed E-state index contributed by atoms with van der Waals surface area (Å²) in [5, 5.41) is 0. The second-order valence-corrected chi connectivity index (χ2v) is 5.34. The van der Waals surface area contributed by atoms with Gasteiger partial charge in [-0.15, -0.1) is 0 Å². The van der Waals surface area contributed by atoms with Crippen LogP contribution in [0.3, 0.4) is 0 Å². The van der Waals surface area contributed by atoms with Crippen LogP contribution >= 0.6 is 15.9 Å². The minimum absolute atomic E-state index is 0.407. The van der Waals surface area contributed by atoms with Crippen LogP contribution in [0, 0.1) is 0 Å². The molecule has 3 nitrogen and oxygen atoms in total. The summed E-state index contributed by atoms with van der Waals surface area (Å²) in [5.41, 5.74) is 0.585. The van der Waals surface area contributed by atoms with E-state index in [0.717, 1.165) is 36.6 Å². The monoisotopic (exact) mass is 312 g/mol. The van der Waals surface area contributed by atoms with Crippen LogP contribution in [0.5, 0.6) is 5.75 Å². The third kappa shape index (κ3) is 3.82. The molecule has 1 atom stereocenters. The first-order chi connectivity index (χ1) is 8.79. The normalized spacial score (nSPS) is 18.8. The number of hydrogen-bond donors (Lipinski definition) is 0. The van der Waals surface area contributed by atoms with E-state index in [1.807, 2.05) is 12.1 Å². The maximum Gasteiger partial charge on any atom is 0.153 e. The van der Waals surface area contributed by atoms with E-state index in [4.69, 9.17) is 9.47 Å². The molecule has 0 spiro atoms. The molecule has 1 fully saturated rings. The van der Waals surface area contributed by atoms with Gasteiger partial charge in [0.2, 0.25) is 0 Å². The molecule has 98 valence electrons. The van der Waals surface area contributed by atoms with E-state index < -0.39 is 0 Å². The van der Waals surface area contributed by atoms with Gasteiger partial charge in [-0.05, 0) is 43.9 Å². The number of hydrogen-bond acceptors (Lipinski definition) is 3. The average molecular weight is 313 g/mol. The number of carbonyl (C=O) groups is 1. The number of halogens is 1. The number of carbonyl (C=O) groups excluding carboxylic acids is 1. The fourth-order valence-electron chi connectivity index (χ4n) is 2.11. The molecule has 1 saturated heterocycles. The molecule has 1 aromatic rings. The Morgan fingerprint density at radius 2 is 2.39 bits per heavy atom. The van der Waals surface area contributed by atoms with E-state index in [2.05, 4.69) is 15.9 Å². The molecule has 4 heteroatoms. The second kappa shape index (κ2) is 6.90. The molecule has 0 bridgehead atoms. The van der Waals surface area contributed by atoms with Gasteiger partial charge < -0.3 is 9.47 Å². The summed E-state index contributed by atoms with van der Waals surface area (Å²) >= 11 is 3.33. The maximum atomic E-state index is 10.9. The standard InChI is InChI=1S/C14H17BrO3/c15-12-5-6-14(11(9-12)10-16)18-8-2-4-13-3-1-7-17-13/h5-6,9-10,13H,1-4,7-8H2. The van der Waals surface area contributed by atoms with Crippen LogP contribution in [0.2, 0.25) is 0 Å². The quantitative estimate of drug-likeness (QED) is 0.594. The van der Waals surface area contributed by atoms with Crippen molar-refractivity contribution in [3.8, 4) is 5.75 Å². The summed E-state index contributed by atoms with van der Waals surface area (Å²) < 4.78 is 12.1. The van der Waals surface area contributed by atoms with E-state index in [-0.39, 0.29) is 0 Å². The van der Waals surface area contributed by atoms with Gasteiger partial charge in [-0.1, -0.05) is 15.9 Å². The van der Waals surface area contributed by atoms with Crippen LogP contribution in [0.15, 0.2) is 22.7 Å². The molecule has 2 rings (SSSR count). The Morgan fingerprint density at radius 3 is 3.11 bits per heavy atom. The first-order valence-corrected chi connectivity index (χ1v) is 7.08. The second-order valence-electron chi connectivity index (χ2n) is 4.43. The lowest BCUT2D eigenvalue weighted by Gasteiger charge is -2.11. The first-order valence-electron chi connectivity index (χ1n) is 6.29. The Morgan fingerprint density at radius 1 is 1.50 bits per heavy atom. The van der Waals surface area contributed by atoms with Gasteiger partial charge in [0, 0.05) is 11.1 Å². The van der Waals surface area contributed by atoms with Crippen LogP contribution in [-0.4, -0.2) is 25.6 Å². The average Bonchev–Trinajstić information content (AvgIpc) is 2.89. The van der Waals surface area contributed by atoms with E-state index in [1.54, 1.807) is 6.07 Å². The summed E-state index contributed by atoms with van der Waals surface area (Å²) in [6, 6.07) is 5.46. The van der Waals surface area contributed by atoms with Crippen LogP contribution in [0.1, 0.15) is 36.0 Å². The molecular weight excluding hydrogens is 296 g/mol. The summed E-state index contributed by atoms with van der Waals surface area (Å²) in [6.45, 7) is 1.52. The van der Waals surface area contributed by atoms with Crippen molar-refractivity contribution in [2.24, 2.45) is 0 Å². The minimum Gasteiger partial charge on any atom is -0.493 e. The van der Waals surface area contributed by atoms with Gasteiger partial charge in [-0.3, -0.25) is 4.79 Å². The van der Waals surface area contributed by atoms with E-state index in [1.165, 1.54) is 6.42 Å². The van der Waals surface area contributed by atoms with Gasteiger partial charge in [0.25, 0.3) is 0 Å². The zero-order valence-corrected chi connectivity index (χ0v) is 11.8.